The fourth-order valence-corrected chi connectivity index (χ4v) is 8.36. The van der Waals surface area contributed by atoms with Crippen LogP contribution in [0.25, 0.3) is 0 Å². The fourth-order valence-electron chi connectivity index (χ4n) is 8.36. The molecule has 3 heteroatoms. The molecule has 8 atom stereocenters. The molecule has 0 aliphatic heterocycles. The van der Waals surface area contributed by atoms with Crippen LogP contribution in [0.3, 0.4) is 0 Å². The van der Waals surface area contributed by atoms with Crippen molar-refractivity contribution in [3.05, 3.63) is 0 Å². The summed E-state index contributed by atoms with van der Waals surface area (Å²) in [4.78, 5) is 24.7. The monoisotopic (exact) mass is 330 g/mol. The van der Waals surface area contributed by atoms with Crippen molar-refractivity contribution >= 4 is 11.8 Å². The number of hydrogen-bond acceptors (Lipinski definition) is 3. The maximum Gasteiger partial charge on any atom is 0.302 e. The van der Waals surface area contributed by atoms with Crippen LogP contribution in [0.4, 0.5) is 0 Å². The zero-order chi connectivity index (χ0) is 16.9. The lowest BCUT2D eigenvalue weighted by atomic mass is 9.46. The molecule has 5 rings (SSSR count). The maximum absolute atomic E-state index is 13.2. The van der Waals surface area contributed by atoms with Crippen LogP contribution in [0.15, 0.2) is 0 Å². The van der Waals surface area contributed by atoms with Gasteiger partial charge in [0.2, 0.25) is 0 Å². The van der Waals surface area contributed by atoms with Crippen molar-refractivity contribution in [2.45, 2.75) is 78.2 Å². The predicted molar refractivity (Wildman–Crippen MR) is 90.1 cm³/mol. The molecule has 0 bridgehead atoms. The Hall–Kier alpha value is -0.860. The van der Waals surface area contributed by atoms with Crippen LogP contribution < -0.4 is 0 Å². The first-order valence-corrected chi connectivity index (χ1v) is 10.0. The molecule has 5 saturated carbocycles. The van der Waals surface area contributed by atoms with Gasteiger partial charge in [0, 0.05) is 24.2 Å². The second-order valence-electron chi connectivity index (χ2n) is 10.1. The molecule has 0 aromatic rings. The Labute approximate surface area is 144 Å². The summed E-state index contributed by atoms with van der Waals surface area (Å²) in [5, 5.41) is 0. The molecule has 0 saturated heterocycles. The summed E-state index contributed by atoms with van der Waals surface area (Å²) in [6.45, 7) is 6.32. The van der Waals surface area contributed by atoms with E-state index in [1.165, 1.54) is 39.0 Å². The van der Waals surface area contributed by atoms with Gasteiger partial charge < -0.3 is 4.74 Å². The average molecular weight is 330 g/mol. The van der Waals surface area contributed by atoms with Gasteiger partial charge in [-0.3, -0.25) is 9.59 Å². The van der Waals surface area contributed by atoms with E-state index in [1.54, 1.807) is 0 Å². The van der Waals surface area contributed by atoms with E-state index < -0.39 is 0 Å². The van der Waals surface area contributed by atoms with Crippen molar-refractivity contribution in [1.82, 2.24) is 0 Å². The first kappa shape index (κ1) is 15.4. The van der Waals surface area contributed by atoms with Gasteiger partial charge in [-0.25, -0.2) is 0 Å². The third-order valence-electron chi connectivity index (χ3n) is 9.53. The molecule has 5 aliphatic carbocycles. The van der Waals surface area contributed by atoms with Gasteiger partial charge in [0.25, 0.3) is 0 Å². The maximum atomic E-state index is 13.2. The summed E-state index contributed by atoms with van der Waals surface area (Å²) in [7, 11) is 0. The molecule has 0 radical (unpaired) electrons. The van der Waals surface area contributed by atoms with Crippen molar-refractivity contribution in [3.8, 4) is 0 Å². The summed E-state index contributed by atoms with van der Waals surface area (Å²) >= 11 is 0. The highest BCUT2D eigenvalue weighted by Crippen LogP contribution is 2.80. The lowest BCUT2D eigenvalue weighted by molar-refractivity contribution is -0.165. The van der Waals surface area contributed by atoms with E-state index >= 15 is 0 Å². The van der Waals surface area contributed by atoms with Gasteiger partial charge in [-0.1, -0.05) is 13.8 Å². The number of rotatable bonds is 1. The molecular formula is C21H30O3. The van der Waals surface area contributed by atoms with E-state index in [1.807, 2.05) is 0 Å². The lowest BCUT2D eigenvalue weighted by Crippen LogP contribution is -2.55. The highest BCUT2D eigenvalue weighted by molar-refractivity contribution is 5.91. The van der Waals surface area contributed by atoms with Crippen molar-refractivity contribution in [3.63, 3.8) is 0 Å². The quantitative estimate of drug-likeness (QED) is 0.679. The van der Waals surface area contributed by atoms with E-state index in [-0.39, 0.29) is 28.3 Å². The standard InChI is InChI=1S/C21H30O3/c1-12(22)24-18-5-4-15-14-10-17(23)21-11-13(21)6-9-20(21,3)16(14)7-8-19(15,18)2/h13-16,18H,4-11H2,1-3H3/t13-,14+,15+,16+,18+,19+,20-,21+/m1/s1. The minimum Gasteiger partial charge on any atom is -0.462 e. The number of carbonyl (C=O) groups is 2. The average Bonchev–Trinajstić information content (AvgIpc) is 3.07. The van der Waals surface area contributed by atoms with Crippen molar-refractivity contribution in [1.29, 1.82) is 0 Å². The Morgan fingerprint density at radius 2 is 1.88 bits per heavy atom. The molecule has 1 spiro atoms. The number of fused-ring (bicyclic) bond motifs is 4. The highest BCUT2D eigenvalue weighted by atomic mass is 16.5. The Bertz CT molecular complexity index is 627. The molecule has 0 amide bonds. The Balaban J connectivity index is 1.48. The Morgan fingerprint density at radius 1 is 1.08 bits per heavy atom. The third kappa shape index (κ3) is 1.56. The molecule has 5 aliphatic rings. The summed E-state index contributed by atoms with van der Waals surface area (Å²) in [6.07, 6.45) is 9.13. The lowest BCUT2D eigenvalue weighted by Gasteiger charge is -2.57. The van der Waals surface area contributed by atoms with Crippen LogP contribution in [-0.4, -0.2) is 17.9 Å². The fraction of sp³-hybridized carbons (Fsp3) is 0.905. The second kappa shape index (κ2) is 4.45. The minimum absolute atomic E-state index is 0.0667. The van der Waals surface area contributed by atoms with Crippen LogP contribution >= 0.6 is 0 Å². The Kier molecular flexibility index (Phi) is 2.86. The summed E-state index contributed by atoms with van der Waals surface area (Å²) in [5.41, 5.74) is 0.434. The van der Waals surface area contributed by atoms with Crippen LogP contribution in [0.5, 0.6) is 0 Å². The number of ether oxygens (including phenoxy) is 1. The van der Waals surface area contributed by atoms with E-state index in [2.05, 4.69) is 13.8 Å². The van der Waals surface area contributed by atoms with Gasteiger partial charge in [-0.2, -0.15) is 0 Å². The van der Waals surface area contributed by atoms with Crippen molar-refractivity contribution < 1.29 is 14.3 Å². The Morgan fingerprint density at radius 3 is 2.58 bits per heavy atom. The van der Waals surface area contributed by atoms with Gasteiger partial charge in [0.05, 0.1) is 0 Å². The number of Topliss-reactive ketones (excluding diaryl/α,β-unsaturated/α-hetero) is 1. The number of esters is 1. The largest absolute Gasteiger partial charge is 0.462 e. The molecule has 0 aromatic carbocycles. The van der Waals surface area contributed by atoms with Crippen LogP contribution in [0.2, 0.25) is 0 Å². The van der Waals surface area contributed by atoms with Crippen LogP contribution in [0, 0.1) is 39.9 Å². The first-order valence-electron chi connectivity index (χ1n) is 10.0. The molecule has 3 nitrogen and oxygen atoms in total. The number of carbonyl (C=O) groups excluding carboxylic acids is 2. The molecule has 24 heavy (non-hydrogen) atoms. The van der Waals surface area contributed by atoms with E-state index in [9.17, 15) is 9.59 Å². The molecule has 5 fully saturated rings. The molecule has 0 heterocycles. The number of ketones is 1. The van der Waals surface area contributed by atoms with Crippen molar-refractivity contribution in [2.75, 3.05) is 0 Å². The zero-order valence-corrected chi connectivity index (χ0v) is 15.3. The van der Waals surface area contributed by atoms with E-state index in [0.29, 0.717) is 23.5 Å². The summed E-state index contributed by atoms with van der Waals surface area (Å²) in [6, 6.07) is 0. The van der Waals surface area contributed by atoms with E-state index in [4.69, 9.17) is 4.74 Å². The number of hydrogen-bond donors (Lipinski definition) is 0. The zero-order valence-electron chi connectivity index (χ0n) is 15.3. The minimum atomic E-state index is -0.147. The normalized spacial score (nSPS) is 57.6. The third-order valence-corrected chi connectivity index (χ3v) is 9.53. The van der Waals surface area contributed by atoms with Crippen LogP contribution in [0.1, 0.15) is 72.1 Å². The first-order chi connectivity index (χ1) is 11.3. The highest BCUT2D eigenvalue weighted by Gasteiger charge is 2.77. The SMILES string of the molecule is CC(=O)O[C@H]1CC[C@H]2[C@@H]3CC(=O)[C@]45C[C@H]4CC[C@]5(C)[C@H]3CC[C@]12C. The predicted octanol–water partition coefficient (Wildman–Crippen LogP) is 4.14. The molecule has 0 aromatic heterocycles. The summed E-state index contributed by atoms with van der Waals surface area (Å²) < 4.78 is 5.71. The van der Waals surface area contributed by atoms with E-state index in [0.717, 1.165) is 25.2 Å². The van der Waals surface area contributed by atoms with Gasteiger partial charge in [0.15, 0.2) is 0 Å². The van der Waals surface area contributed by atoms with Gasteiger partial charge >= 0.3 is 5.97 Å². The second-order valence-corrected chi connectivity index (χ2v) is 10.1. The van der Waals surface area contributed by atoms with Crippen LogP contribution in [-0.2, 0) is 14.3 Å². The molecular weight excluding hydrogens is 300 g/mol. The molecule has 0 N–H and O–H groups in total. The topological polar surface area (TPSA) is 43.4 Å². The smallest absolute Gasteiger partial charge is 0.302 e. The van der Waals surface area contributed by atoms with Crippen molar-refractivity contribution in [2.24, 2.45) is 39.9 Å². The molecule has 0 unspecified atom stereocenters. The van der Waals surface area contributed by atoms with Gasteiger partial charge in [-0.15, -0.1) is 0 Å². The summed E-state index contributed by atoms with van der Waals surface area (Å²) in [5.74, 6) is 2.97. The molecule has 132 valence electrons. The van der Waals surface area contributed by atoms with Gasteiger partial charge in [-0.05, 0) is 74.0 Å². The van der Waals surface area contributed by atoms with Gasteiger partial charge in [0.1, 0.15) is 11.9 Å².